The molecular weight excluding hydrogens is 361 g/mol. The van der Waals surface area contributed by atoms with E-state index in [4.69, 9.17) is 0 Å². The van der Waals surface area contributed by atoms with Crippen molar-refractivity contribution in [2.45, 2.75) is 45.3 Å². The summed E-state index contributed by atoms with van der Waals surface area (Å²) >= 11 is 0. The second-order valence-electron chi connectivity index (χ2n) is 4.94. The van der Waals surface area contributed by atoms with E-state index in [1.165, 1.54) is 0 Å². The summed E-state index contributed by atoms with van der Waals surface area (Å²) in [6.45, 7) is 9.77. The molecule has 0 rings (SSSR count). The maximum absolute atomic E-state index is 11.8. The molecular formula is C12H28IN3OS. The van der Waals surface area contributed by atoms with Crippen molar-refractivity contribution in [1.29, 1.82) is 0 Å². The summed E-state index contributed by atoms with van der Waals surface area (Å²) in [7, 11) is 0.944. The summed E-state index contributed by atoms with van der Waals surface area (Å²) < 4.78 is 11.7. The highest BCUT2D eigenvalue weighted by molar-refractivity contribution is 14.0. The van der Waals surface area contributed by atoms with Crippen LogP contribution in [0.3, 0.4) is 0 Å². The van der Waals surface area contributed by atoms with Crippen LogP contribution in [0.4, 0.5) is 0 Å². The Morgan fingerprint density at radius 3 is 2.22 bits per heavy atom. The van der Waals surface area contributed by atoms with Gasteiger partial charge in [0.25, 0.3) is 0 Å². The first-order chi connectivity index (χ1) is 7.91. The monoisotopic (exact) mass is 389 g/mol. The van der Waals surface area contributed by atoms with Crippen LogP contribution < -0.4 is 10.6 Å². The van der Waals surface area contributed by atoms with Gasteiger partial charge < -0.3 is 10.6 Å². The molecule has 110 valence electrons. The number of guanidine groups is 1. The predicted octanol–water partition coefficient (Wildman–Crippen LogP) is 2.12. The lowest BCUT2D eigenvalue weighted by atomic mass is 10.3. The zero-order valence-corrected chi connectivity index (χ0v) is 15.4. The second-order valence-corrected chi connectivity index (χ2v) is 7.27. The Morgan fingerprint density at radius 1 is 1.22 bits per heavy atom. The van der Waals surface area contributed by atoms with E-state index < -0.39 is 10.8 Å². The molecule has 0 fully saturated rings. The third-order valence-corrected chi connectivity index (χ3v) is 4.25. The minimum absolute atomic E-state index is 0. The lowest BCUT2D eigenvalue weighted by molar-refractivity contribution is 0.646. The molecule has 0 radical (unpaired) electrons. The van der Waals surface area contributed by atoms with Crippen molar-refractivity contribution in [3.63, 3.8) is 0 Å². The average Bonchev–Trinajstić information content (AvgIpc) is 2.25. The molecule has 0 amide bonds. The van der Waals surface area contributed by atoms with Crippen LogP contribution >= 0.6 is 24.0 Å². The fourth-order valence-electron chi connectivity index (χ4n) is 1.17. The first-order valence-electron chi connectivity index (χ1n) is 6.24. The molecule has 6 heteroatoms. The summed E-state index contributed by atoms with van der Waals surface area (Å²) in [4.78, 5) is 4.11. The van der Waals surface area contributed by atoms with Crippen LogP contribution in [0.2, 0.25) is 0 Å². The van der Waals surface area contributed by atoms with E-state index in [2.05, 4.69) is 22.5 Å². The molecule has 0 saturated heterocycles. The van der Waals surface area contributed by atoms with Gasteiger partial charge in [0.05, 0.1) is 0 Å². The Hall–Kier alpha value is 0.150. The Labute approximate surface area is 131 Å². The predicted molar refractivity (Wildman–Crippen MR) is 92.4 cm³/mol. The van der Waals surface area contributed by atoms with Gasteiger partial charge in [0.1, 0.15) is 0 Å². The minimum Gasteiger partial charge on any atom is -0.356 e. The van der Waals surface area contributed by atoms with Crippen LogP contribution in [-0.4, -0.2) is 40.8 Å². The molecule has 1 unspecified atom stereocenters. The average molecular weight is 389 g/mol. The van der Waals surface area contributed by atoms with Gasteiger partial charge in [-0.15, -0.1) is 24.0 Å². The molecule has 2 N–H and O–H groups in total. The first kappa shape index (κ1) is 20.5. The van der Waals surface area contributed by atoms with E-state index in [0.29, 0.717) is 12.3 Å². The zero-order valence-electron chi connectivity index (χ0n) is 12.2. The van der Waals surface area contributed by atoms with Gasteiger partial charge >= 0.3 is 0 Å². The molecule has 0 saturated carbocycles. The Morgan fingerprint density at radius 2 is 1.78 bits per heavy atom. The van der Waals surface area contributed by atoms with Gasteiger partial charge in [-0.2, -0.15) is 0 Å². The second kappa shape index (κ2) is 11.0. The highest BCUT2D eigenvalue weighted by atomic mass is 127. The molecule has 0 aromatic carbocycles. The van der Waals surface area contributed by atoms with Crippen molar-refractivity contribution in [2.24, 2.45) is 4.99 Å². The number of rotatable bonds is 6. The number of hydrogen-bond donors (Lipinski definition) is 2. The fraction of sp³-hybridized carbons (Fsp3) is 0.917. The van der Waals surface area contributed by atoms with E-state index in [1.54, 1.807) is 7.05 Å². The SMILES string of the molecule is CCCCNC(=NC)NCCS(=O)C(C)(C)C.I. The number of nitrogens with zero attached hydrogens (tertiary/aromatic N) is 1. The summed E-state index contributed by atoms with van der Waals surface area (Å²) in [6, 6.07) is 0. The van der Waals surface area contributed by atoms with E-state index >= 15 is 0 Å². The van der Waals surface area contributed by atoms with Crippen LogP contribution in [0.1, 0.15) is 40.5 Å². The largest absolute Gasteiger partial charge is 0.356 e. The quantitative estimate of drug-likeness (QED) is 0.317. The van der Waals surface area contributed by atoms with E-state index in [1.807, 2.05) is 20.8 Å². The smallest absolute Gasteiger partial charge is 0.191 e. The normalized spacial score (nSPS) is 13.7. The molecule has 0 spiro atoms. The van der Waals surface area contributed by atoms with Gasteiger partial charge in [0.15, 0.2) is 5.96 Å². The lowest BCUT2D eigenvalue weighted by Gasteiger charge is -2.18. The summed E-state index contributed by atoms with van der Waals surface area (Å²) in [5, 5.41) is 6.40. The van der Waals surface area contributed by atoms with Gasteiger partial charge in [-0.3, -0.25) is 9.20 Å². The van der Waals surface area contributed by atoms with Crippen molar-refractivity contribution in [3.05, 3.63) is 0 Å². The van der Waals surface area contributed by atoms with Crippen LogP contribution in [0.15, 0.2) is 4.99 Å². The number of hydrogen-bond acceptors (Lipinski definition) is 2. The summed E-state index contributed by atoms with van der Waals surface area (Å²) in [5.41, 5.74) is 0. The third-order valence-electron chi connectivity index (χ3n) is 2.31. The van der Waals surface area contributed by atoms with E-state index in [0.717, 1.165) is 25.3 Å². The topological polar surface area (TPSA) is 53.5 Å². The number of unbranched alkanes of at least 4 members (excludes halogenated alkanes) is 1. The molecule has 4 nitrogen and oxygen atoms in total. The van der Waals surface area contributed by atoms with E-state index in [-0.39, 0.29) is 28.7 Å². The van der Waals surface area contributed by atoms with Crippen LogP contribution in [0.25, 0.3) is 0 Å². The van der Waals surface area contributed by atoms with Gasteiger partial charge in [0.2, 0.25) is 0 Å². The van der Waals surface area contributed by atoms with Gasteiger partial charge in [-0.05, 0) is 27.2 Å². The highest BCUT2D eigenvalue weighted by Gasteiger charge is 2.18. The van der Waals surface area contributed by atoms with Gasteiger partial charge in [-0.1, -0.05) is 13.3 Å². The molecule has 0 aromatic heterocycles. The number of nitrogens with one attached hydrogen (secondary N) is 2. The lowest BCUT2D eigenvalue weighted by Crippen LogP contribution is -2.40. The maximum atomic E-state index is 11.8. The molecule has 1 atom stereocenters. The van der Waals surface area contributed by atoms with Crippen LogP contribution in [0.5, 0.6) is 0 Å². The Bertz CT molecular complexity index is 265. The van der Waals surface area contributed by atoms with E-state index in [9.17, 15) is 4.21 Å². The van der Waals surface area contributed by atoms with Crippen molar-refractivity contribution >= 4 is 40.7 Å². The van der Waals surface area contributed by atoms with Crippen molar-refractivity contribution in [3.8, 4) is 0 Å². The molecule has 0 aliphatic carbocycles. The minimum atomic E-state index is -0.808. The maximum Gasteiger partial charge on any atom is 0.191 e. The summed E-state index contributed by atoms with van der Waals surface area (Å²) in [5.74, 6) is 1.45. The molecule has 0 aliphatic rings. The molecule has 0 heterocycles. The molecule has 0 aromatic rings. The van der Waals surface area contributed by atoms with Crippen LogP contribution in [-0.2, 0) is 10.8 Å². The van der Waals surface area contributed by atoms with Crippen molar-refractivity contribution in [1.82, 2.24) is 10.6 Å². The molecule has 0 bridgehead atoms. The highest BCUT2D eigenvalue weighted by Crippen LogP contribution is 2.10. The summed E-state index contributed by atoms with van der Waals surface area (Å²) in [6.07, 6.45) is 2.30. The number of aliphatic imine (C=N–C) groups is 1. The Kier molecular flexibility index (Phi) is 12.5. The van der Waals surface area contributed by atoms with Crippen LogP contribution in [0, 0.1) is 0 Å². The Balaban J connectivity index is 0. The van der Waals surface area contributed by atoms with Crippen molar-refractivity contribution < 1.29 is 4.21 Å². The fourth-order valence-corrected chi connectivity index (χ4v) is 2.07. The zero-order chi connectivity index (χ0) is 13.3. The van der Waals surface area contributed by atoms with Gasteiger partial charge in [0, 0.05) is 41.4 Å². The molecule has 18 heavy (non-hydrogen) atoms. The first-order valence-corrected chi connectivity index (χ1v) is 7.56. The molecule has 0 aliphatic heterocycles. The number of halogens is 1. The van der Waals surface area contributed by atoms with Crippen molar-refractivity contribution in [2.75, 3.05) is 25.9 Å². The van der Waals surface area contributed by atoms with Gasteiger partial charge in [-0.25, -0.2) is 0 Å². The third kappa shape index (κ3) is 10.1. The standard InChI is InChI=1S/C12H27N3OS.HI/c1-6-7-8-14-11(13-5)15-9-10-17(16)12(2,3)4;/h6-10H2,1-5H3,(H2,13,14,15);1H.